The molecule has 2 nitrogen and oxygen atoms in total. The molecule has 152 valence electrons. The topological polar surface area (TPSA) is 24.1 Å². The molecule has 2 heteroatoms. The van der Waals surface area contributed by atoms with Gasteiger partial charge in [0, 0.05) is 22.2 Å². The average Bonchev–Trinajstić information content (AvgIpc) is 2.40. The molecule has 1 aromatic rings. The summed E-state index contributed by atoms with van der Waals surface area (Å²) in [5.74, 6) is 1.29. The molecule has 2 aliphatic rings. The number of piperidine rings is 2. The minimum atomic E-state index is 0.195. The molecule has 0 atom stereocenters. The van der Waals surface area contributed by atoms with Crippen molar-refractivity contribution < 1.29 is 0 Å². The van der Waals surface area contributed by atoms with Crippen LogP contribution in [0.2, 0.25) is 0 Å². The third kappa shape index (κ3) is 4.95. The first-order chi connectivity index (χ1) is 12.2. The molecule has 27 heavy (non-hydrogen) atoms. The molecule has 2 fully saturated rings. The van der Waals surface area contributed by atoms with Crippen molar-refractivity contribution in [3.8, 4) is 0 Å². The van der Waals surface area contributed by atoms with Crippen LogP contribution in [0.15, 0.2) is 18.2 Å². The van der Waals surface area contributed by atoms with E-state index in [-0.39, 0.29) is 22.2 Å². The molecule has 2 N–H and O–H groups in total. The Kier molecular flexibility index (Phi) is 5.09. The van der Waals surface area contributed by atoms with Gasteiger partial charge in [-0.25, -0.2) is 0 Å². The summed E-state index contributed by atoms with van der Waals surface area (Å²) in [5.41, 5.74) is 5.37. The number of rotatable bonds is 2. The first-order valence-corrected chi connectivity index (χ1v) is 10.9. The summed E-state index contributed by atoms with van der Waals surface area (Å²) in [6, 6.07) is 7.39. The molecule has 0 bridgehead atoms. The Labute approximate surface area is 167 Å². The van der Waals surface area contributed by atoms with E-state index < -0.39 is 0 Å². The number of aryl methyl sites for hydroxylation is 1. The van der Waals surface area contributed by atoms with Crippen LogP contribution in [-0.2, 0) is 0 Å². The molecular weight excluding hydrogens is 328 g/mol. The highest BCUT2D eigenvalue weighted by Gasteiger charge is 2.40. The zero-order chi connectivity index (χ0) is 20.3. The SMILES string of the molecule is Cc1cc(C2CC(C)(C)NC(C)(C)C2)ccc1C1CC(C)(C)NC(C)(C)C1. The lowest BCUT2D eigenvalue weighted by molar-refractivity contribution is 0.160. The van der Waals surface area contributed by atoms with Gasteiger partial charge in [-0.15, -0.1) is 0 Å². The lowest BCUT2D eigenvalue weighted by Gasteiger charge is -2.47. The van der Waals surface area contributed by atoms with E-state index in [9.17, 15) is 0 Å². The Bertz CT molecular complexity index is 664. The Hall–Kier alpha value is -0.860. The second kappa shape index (κ2) is 6.59. The molecule has 2 heterocycles. The Morgan fingerprint density at radius 1 is 0.667 bits per heavy atom. The zero-order valence-corrected chi connectivity index (χ0v) is 19.2. The molecular formula is C25H42N2. The number of benzene rings is 1. The largest absolute Gasteiger partial charge is 0.307 e. The summed E-state index contributed by atoms with van der Waals surface area (Å²) in [6.07, 6.45) is 4.85. The second-order valence-corrected chi connectivity index (χ2v) is 12.1. The highest BCUT2D eigenvalue weighted by atomic mass is 15.1. The Morgan fingerprint density at radius 2 is 1.07 bits per heavy atom. The number of hydrogen-bond donors (Lipinski definition) is 2. The molecule has 0 aromatic heterocycles. The summed E-state index contributed by atoms with van der Waals surface area (Å²) in [6.45, 7) is 21.1. The minimum absolute atomic E-state index is 0.195. The van der Waals surface area contributed by atoms with E-state index in [1.165, 1.54) is 36.8 Å². The molecule has 0 aliphatic carbocycles. The van der Waals surface area contributed by atoms with Crippen LogP contribution in [0.3, 0.4) is 0 Å². The van der Waals surface area contributed by atoms with Crippen LogP contribution >= 0.6 is 0 Å². The number of nitrogens with one attached hydrogen (secondary N) is 2. The molecule has 0 unspecified atom stereocenters. The molecule has 0 saturated carbocycles. The molecule has 0 amide bonds. The van der Waals surface area contributed by atoms with E-state index >= 15 is 0 Å². The summed E-state index contributed by atoms with van der Waals surface area (Å²) in [7, 11) is 0. The fourth-order valence-electron chi connectivity index (χ4n) is 6.51. The Balaban J connectivity index is 1.86. The third-order valence-electron chi connectivity index (χ3n) is 6.59. The fourth-order valence-corrected chi connectivity index (χ4v) is 6.51. The van der Waals surface area contributed by atoms with Gasteiger partial charge in [-0.2, -0.15) is 0 Å². The van der Waals surface area contributed by atoms with Gasteiger partial charge in [0.15, 0.2) is 0 Å². The monoisotopic (exact) mass is 370 g/mol. The van der Waals surface area contributed by atoms with Crippen molar-refractivity contribution in [2.24, 2.45) is 0 Å². The summed E-state index contributed by atoms with van der Waals surface area (Å²) in [5, 5.41) is 7.65. The predicted molar refractivity (Wildman–Crippen MR) is 118 cm³/mol. The maximum absolute atomic E-state index is 3.83. The fraction of sp³-hybridized carbons (Fsp3) is 0.760. The van der Waals surface area contributed by atoms with Crippen molar-refractivity contribution in [1.82, 2.24) is 10.6 Å². The second-order valence-electron chi connectivity index (χ2n) is 12.1. The standard InChI is InChI=1S/C25H42N2/c1-17-12-18(19-13-22(2,3)26-23(4,5)14-19)10-11-21(17)20-15-24(6,7)27-25(8,9)16-20/h10-12,19-20,26-27H,13-16H2,1-9H3. The Morgan fingerprint density at radius 3 is 1.48 bits per heavy atom. The van der Waals surface area contributed by atoms with Crippen molar-refractivity contribution >= 4 is 0 Å². The molecule has 2 saturated heterocycles. The van der Waals surface area contributed by atoms with Crippen LogP contribution in [0.5, 0.6) is 0 Å². The minimum Gasteiger partial charge on any atom is -0.307 e. The van der Waals surface area contributed by atoms with Gasteiger partial charge in [-0.1, -0.05) is 18.2 Å². The van der Waals surface area contributed by atoms with E-state index in [0.29, 0.717) is 11.8 Å². The number of hydrogen-bond acceptors (Lipinski definition) is 2. The van der Waals surface area contributed by atoms with Gasteiger partial charge in [-0.3, -0.25) is 0 Å². The molecule has 3 rings (SSSR count). The van der Waals surface area contributed by atoms with E-state index in [2.05, 4.69) is 91.1 Å². The van der Waals surface area contributed by atoms with E-state index in [1.54, 1.807) is 5.56 Å². The molecule has 1 aromatic carbocycles. The van der Waals surface area contributed by atoms with Gasteiger partial charge < -0.3 is 10.6 Å². The summed E-state index contributed by atoms with van der Waals surface area (Å²) < 4.78 is 0. The highest BCUT2D eigenvalue weighted by molar-refractivity contribution is 5.37. The van der Waals surface area contributed by atoms with Gasteiger partial charge in [0.2, 0.25) is 0 Å². The van der Waals surface area contributed by atoms with Crippen molar-refractivity contribution in [2.45, 2.75) is 122 Å². The first-order valence-electron chi connectivity index (χ1n) is 10.9. The van der Waals surface area contributed by atoms with E-state index in [0.717, 1.165) is 0 Å². The van der Waals surface area contributed by atoms with Crippen LogP contribution < -0.4 is 10.6 Å². The summed E-state index contributed by atoms with van der Waals surface area (Å²) >= 11 is 0. The quantitative estimate of drug-likeness (QED) is 0.663. The van der Waals surface area contributed by atoms with Crippen LogP contribution in [-0.4, -0.2) is 22.2 Å². The normalized spacial score (nSPS) is 27.4. The molecule has 2 aliphatic heterocycles. The molecule has 0 spiro atoms. The van der Waals surface area contributed by atoms with E-state index in [4.69, 9.17) is 0 Å². The zero-order valence-electron chi connectivity index (χ0n) is 19.2. The van der Waals surface area contributed by atoms with Crippen molar-refractivity contribution in [1.29, 1.82) is 0 Å². The van der Waals surface area contributed by atoms with E-state index in [1.807, 2.05) is 0 Å². The third-order valence-corrected chi connectivity index (χ3v) is 6.59. The van der Waals surface area contributed by atoms with Crippen LogP contribution in [0.4, 0.5) is 0 Å². The smallest absolute Gasteiger partial charge is 0.0135 e. The van der Waals surface area contributed by atoms with Crippen molar-refractivity contribution in [3.63, 3.8) is 0 Å². The lowest BCUT2D eigenvalue weighted by atomic mass is 9.70. The lowest BCUT2D eigenvalue weighted by Crippen LogP contribution is -2.57. The van der Waals surface area contributed by atoms with Crippen LogP contribution in [0.1, 0.15) is 110 Å². The van der Waals surface area contributed by atoms with Crippen LogP contribution in [0, 0.1) is 6.92 Å². The van der Waals surface area contributed by atoms with Gasteiger partial charge >= 0.3 is 0 Å². The first kappa shape index (κ1) is 20.9. The van der Waals surface area contributed by atoms with Gasteiger partial charge in [0.1, 0.15) is 0 Å². The molecule has 0 radical (unpaired) electrons. The van der Waals surface area contributed by atoms with Gasteiger partial charge in [-0.05, 0) is 117 Å². The summed E-state index contributed by atoms with van der Waals surface area (Å²) in [4.78, 5) is 0. The maximum Gasteiger partial charge on any atom is 0.0135 e. The predicted octanol–water partition coefficient (Wildman–Crippen LogP) is 6.04. The maximum atomic E-state index is 3.83. The van der Waals surface area contributed by atoms with Crippen LogP contribution in [0.25, 0.3) is 0 Å². The van der Waals surface area contributed by atoms with Gasteiger partial charge in [0.25, 0.3) is 0 Å². The van der Waals surface area contributed by atoms with Crippen molar-refractivity contribution in [3.05, 3.63) is 34.9 Å². The highest BCUT2D eigenvalue weighted by Crippen LogP contribution is 2.43. The van der Waals surface area contributed by atoms with Gasteiger partial charge in [0.05, 0.1) is 0 Å². The van der Waals surface area contributed by atoms with Crippen molar-refractivity contribution in [2.75, 3.05) is 0 Å². The average molecular weight is 371 g/mol.